The number of aryl methyl sites for hydroxylation is 2. The van der Waals surface area contributed by atoms with Crippen LogP contribution in [-0.2, 0) is 13.7 Å². The van der Waals surface area contributed by atoms with Gasteiger partial charge in [-0.15, -0.1) is 0 Å². The molecule has 0 fully saturated rings. The Balaban J connectivity index is 3.06. The van der Waals surface area contributed by atoms with Gasteiger partial charge in [-0.2, -0.15) is 5.10 Å². The van der Waals surface area contributed by atoms with Crippen molar-refractivity contribution >= 4 is 5.82 Å². The second kappa shape index (κ2) is 5.89. The van der Waals surface area contributed by atoms with Crippen LogP contribution in [0.3, 0.4) is 0 Å². The summed E-state index contributed by atoms with van der Waals surface area (Å²) in [6.45, 7) is 8.39. The molecule has 4 nitrogen and oxygen atoms in total. The lowest BCUT2D eigenvalue weighted by Crippen LogP contribution is -2.28. The van der Waals surface area contributed by atoms with E-state index >= 15 is 0 Å². The summed E-state index contributed by atoms with van der Waals surface area (Å²) in [5, 5.41) is 13.8. The Morgan fingerprint density at radius 3 is 2.25 bits per heavy atom. The molecular weight excluding hydrogens is 202 g/mol. The fourth-order valence-electron chi connectivity index (χ4n) is 2.13. The van der Waals surface area contributed by atoms with Gasteiger partial charge >= 0.3 is 0 Å². The number of aliphatic hydroxyl groups excluding tert-OH is 1. The summed E-state index contributed by atoms with van der Waals surface area (Å²) in [5.41, 5.74) is 1.89. The van der Waals surface area contributed by atoms with Crippen LogP contribution in [0.4, 0.5) is 5.82 Å². The quantitative estimate of drug-likeness (QED) is 0.803. The van der Waals surface area contributed by atoms with E-state index in [1.807, 2.05) is 18.7 Å². The normalized spacial score (nSPS) is 10.8. The SMILES string of the molecule is CCCN(CCC)c1c(CO)c(C)nn1C. The molecule has 1 aromatic rings. The van der Waals surface area contributed by atoms with Gasteiger partial charge in [-0.3, -0.25) is 4.68 Å². The van der Waals surface area contributed by atoms with Gasteiger partial charge in [-0.05, 0) is 19.8 Å². The van der Waals surface area contributed by atoms with E-state index in [1.165, 1.54) is 0 Å². The summed E-state index contributed by atoms with van der Waals surface area (Å²) < 4.78 is 1.88. The number of anilines is 1. The zero-order chi connectivity index (χ0) is 12.1. The molecule has 4 heteroatoms. The maximum absolute atomic E-state index is 9.42. The van der Waals surface area contributed by atoms with Gasteiger partial charge in [0.1, 0.15) is 5.82 Å². The second-order valence-corrected chi connectivity index (χ2v) is 4.16. The number of aromatic nitrogens is 2. The highest BCUT2D eigenvalue weighted by atomic mass is 16.3. The Hall–Kier alpha value is -1.03. The number of nitrogens with zero attached hydrogens (tertiary/aromatic N) is 3. The number of hydrogen-bond acceptors (Lipinski definition) is 3. The maximum Gasteiger partial charge on any atom is 0.132 e. The molecule has 1 N–H and O–H groups in total. The highest BCUT2D eigenvalue weighted by Gasteiger charge is 2.17. The Bertz CT molecular complexity index is 327. The first kappa shape index (κ1) is 13.0. The van der Waals surface area contributed by atoms with E-state index in [2.05, 4.69) is 23.8 Å². The average Bonchev–Trinajstić information content (AvgIpc) is 2.52. The predicted molar refractivity (Wildman–Crippen MR) is 66.7 cm³/mol. The molecule has 0 aromatic carbocycles. The minimum absolute atomic E-state index is 0.0684. The summed E-state index contributed by atoms with van der Waals surface area (Å²) >= 11 is 0. The molecule has 0 aliphatic heterocycles. The molecule has 0 spiro atoms. The fourth-order valence-corrected chi connectivity index (χ4v) is 2.13. The zero-order valence-electron chi connectivity index (χ0n) is 10.8. The lowest BCUT2D eigenvalue weighted by Gasteiger charge is -2.24. The molecule has 0 amide bonds. The molecule has 1 rings (SSSR count). The van der Waals surface area contributed by atoms with E-state index < -0.39 is 0 Å². The third-order valence-electron chi connectivity index (χ3n) is 2.76. The molecule has 0 saturated heterocycles. The lowest BCUT2D eigenvalue weighted by atomic mass is 10.2. The van der Waals surface area contributed by atoms with Crippen molar-refractivity contribution in [3.05, 3.63) is 11.3 Å². The van der Waals surface area contributed by atoms with Crippen LogP contribution in [0.1, 0.15) is 37.9 Å². The van der Waals surface area contributed by atoms with Crippen LogP contribution in [0.5, 0.6) is 0 Å². The smallest absolute Gasteiger partial charge is 0.132 e. The van der Waals surface area contributed by atoms with E-state index in [4.69, 9.17) is 0 Å². The first-order chi connectivity index (χ1) is 7.65. The molecular formula is C12H23N3O. The molecule has 0 aliphatic rings. The van der Waals surface area contributed by atoms with Crippen LogP contribution < -0.4 is 4.90 Å². The number of aliphatic hydroxyl groups is 1. The number of hydrogen-bond donors (Lipinski definition) is 1. The number of rotatable bonds is 6. The summed E-state index contributed by atoms with van der Waals surface area (Å²) in [5.74, 6) is 1.07. The molecule has 92 valence electrons. The minimum Gasteiger partial charge on any atom is -0.391 e. The molecule has 16 heavy (non-hydrogen) atoms. The Kier molecular flexibility index (Phi) is 4.80. The molecule has 1 aromatic heterocycles. The first-order valence-corrected chi connectivity index (χ1v) is 6.03. The van der Waals surface area contributed by atoms with Gasteiger partial charge in [0.15, 0.2) is 0 Å². The zero-order valence-corrected chi connectivity index (χ0v) is 10.8. The lowest BCUT2D eigenvalue weighted by molar-refractivity contribution is 0.281. The molecule has 0 bridgehead atoms. The van der Waals surface area contributed by atoms with Crippen molar-refractivity contribution in [3.63, 3.8) is 0 Å². The Labute approximate surface area is 97.9 Å². The van der Waals surface area contributed by atoms with Gasteiger partial charge in [-0.1, -0.05) is 13.8 Å². The second-order valence-electron chi connectivity index (χ2n) is 4.16. The van der Waals surface area contributed by atoms with Gasteiger partial charge in [0.05, 0.1) is 12.3 Å². The van der Waals surface area contributed by atoms with Gasteiger partial charge in [-0.25, -0.2) is 0 Å². The van der Waals surface area contributed by atoms with Crippen molar-refractivity contribution in [1.29, 1.82) is 0 Å². The highest BCUT2D eigenvalue weighted by molar-refractivity contribution is 5.49. The van der Waals surface area contributed by atoms with Crippen molar-refractivity contribution in [1.82, 2.24) is 9.78 Å². The monoisotopic (exact) mass is 225 g/mol. The highest BCUT2D eigenvalue weighted by Crippen LogP contribution is 2.23. The van der Waals surface area contributed by atoms with Gasteiger partial charge in [0, 0.05) is 25.7 Å². The summed E-state index contributed by atoms with van der Waals surface area (Å²) in [6, 6.07) is 0. The minimum atomic E-state index is 0.0684. The third-order valence-corrected chi connectivity index (χ3v) is 2.76. The molecule has 1 heterocycles. The van der Waals surface area contributed by atoms with Crippen molar-refractivity contribution < 1.29 is 5.11 Å². The Morgan fingerprint density at radius 1 is 1.25 bits per heavy atom. The van der Waals surface area contributed by atoms with Crippen LogP contribution in [0, 0.1) is 6.92 Å². The van der Waals surface area contributed by atoms with Gasteiger partial charge in [0.2, 0.25) is 0 Å². The topological polar surface area (TPSA) is 41.3 Å². The summed E-state index contributed by atoms with van der Waals surface area (Å²) in [6.07, 6.45) is 2.21. The van der Waals surface area contributed by atoms with Crippen molar-refractivity contribution in [2.24, 2.45) is 7.05 Å². The van der Waals surface area contributed by atoms with Crippen LogP contribution in [0.2, 0.25) is 0 Å². The van der Waals surface area contributed by atoms with Gasteiger partial charge in [0.25, 0.3) is 0 Å². The van der Waals surface area contributed by atoms with Crippen LogP contribution in [0.15, 0.2) is 0 Å². The van der Waals surface area contributed by atoms with Crippen LogP contribution in [-0.4, -0.2) is 28.0 Å². The summed E-state index contributed by atoms with van der Waals surface area (Å²) in [7, 11) is 1.94. The van der Waals surface area contributed by atoms with E-state index in [-0.39, 0.29) is 6.61 Å². The fraction of sp³-hybridized carbons (Fsp3) is 0.750. The van der Waals surface area contributed by atoms with E-state index in [9.17, 15) is 5.11 Å². The largest absolute Gasteiger partial charge is 0.391 e. The van der Waals surface area contributed by atoms with Crippen molar-refractivity contribution in [3.8, 4) is 0 Å². The molecule has 0 aliphatic carbocycles. The van der Waals surface area contributed by atoms with E-state index in [0.717, 1.165) is 43.0 Å². The third kappa shape index (κ3) is 2.55. The Morgan fingerprint density at radius 2 is 1.81 bits per heavy atom. The van der Waals surface area contributed by atoms with E-state index in [1.54, 1.807) is 0 Å². The predicted octanol–water partition coefficient (Wildman–Crippen LogP) is 1.85. The van der Waals surface area contributed by atoms with Crippen LogP contribution in [0.25, 0.3) is 0 Å². The van der Waals surface area contributed by atoms with Gasteiger partial charge < -0.3 is 10.0 Å². The van der Waals surface area contributed by atoms with Crippen LogP contribution >= 0.6 is 0 Å². The molecule has 0 radical (unpaired) electrons. The van der Waals surface area contributed by atoms with Crippen molar-refractivity contribution in [2.75, 3.05) is 18.0 Å². The maximum atomic E-state index is 9.42. The summed E-state index contributed by atoms with van der Waals surface area (Å²) in [4.78, 5) is 2.31. The molecule has 0 saturated carbocycles. The van der Waals surface area contributed by atoms with Crippen molar-refractivity contribution in [2.45, 2.75) is 40.2 Å². The average molecular weight is 225 g/mol. The molecule has 0 unspecified atom stereocenters. The standard InChI is InChI=1S/C12H23N3O/c1-5-7-15(8-6-2)12-11(9-16)10(3)13-14(12)4/h16H,5-9H2,1-4H3. The molecule has 0 atom stereocenters. The van der Waals surface area contributed by atoms with E-state index in [0.29, 0.717) is 0 Å². The first-order valence-electron chi connectivity index (χ1n) is 6.03.